The minimum absolute atomic E-state index is 0.0511. The minimum Gasteiger partial charge on any atom is -0.504 e. The van der Waals surface area contributed by atoms with Crippen LogP contribution in [0.3, 0.4) is 0 Å². The lowest BCUT2D eigenvalue weighted by atomic mass is 9.90. The number of phenolic OH excluding ortho intramolecular Hbond substituents is 1. The maximum atomic E-state index is 10.6. The van der Waals surface area contributed by atoms with Gasteiger partial charge in [-0.3, -0.25) is 10.3 Å². The van der Waals surface area contributed by atoms with Crippen LogP contribution in [0.2, 0.25) is 5.02 Å². The number of hydrogen-bond acceptors (Lipinski definition) is 4. The van der Waals surface area contributed by atoms with E-state index in [-0.39, 0.29) is 17.5 Å². The van der Waals surface area contributed by atoms with Crippen LogP contribution >= 0.6 is 11.6 Å². The van der Waals surface area contributed by atoms with Crippen LogP contribution in [-0.4, -0.2) is 23.6 Å². The molecule has 5 heteroatoms. The van der Waals surface area contributed by atoms with Crippen molar-refractivity contribution in [1.29, 1.82) is 0 Å². The molecule has 2 atom stereocenters. The van der Waals surface area contributed by atoms with Gasteiger partial charge in [0.25, 0.3) is 0 Å². The second-order valence-corrected chi connectivity index (χ2v) is 7.32. The molecule has 1 aliphatic heterocycles. The summed E-state index contributed by atoms with van der Waals surface area (Å²) in [5, 5.41) is 14.9. The van der Waals surface area contributed by atoms with Crippen LogP contribution in [-0.2, 0) is 0 Å². The van der Waals surface area contributed by atoms with E-state index in [2.05, 4.69) is 19.2 Å². The number of para-hydroxylation sites is 1. The fourth-order valence-electron chi connectivity index (χ4n) is 3.61. The van der Waals surface area contributed by atoms with E-state index < -0.39 is 0 Å². The molecular weight excluding hydrogens is 348 g/mol. The molecule has 138 valence electrons. The summed E-state index contributed by atoms with van der Waals surface area (Å²) in [4.78, 5) is 5.00. The van der Waals surface area contributed by atoms with Crippen LogP contribution in [0, 0.1) is 0 Å². The third-order valence-corrected chi connectivity index (χ3v) is 5.06. The fraction of sp³-hybridized carbons (Fsp3) is 0.381. The van der Waals surface area contributed by atoms with Crippen LogP contribution in [0.1, 0.15) is 50.3 Å². The number of rotatable bonds is 5. The van der Waals surface area contributed by atoms with Gasteiger partial charge in [-0.1, -0.05) is 49.2 Å². The van der Waals surface area contributed by atoms with E-state index in [1.165, 1.54) is 0 Å². The SMILES string of the molecule is CCC[C@]1(C)N=C(c2ccc(Cl)cc2)C[C@@H](c2cccc(OC)c2O)N1. The van der Waals surface area contributed by atoms with E-state index in [1.54, 1.807) is 13.2 Å². The number of benzene rings is 2. The molecule has 2 N–H and O–H groups in total. The summed E-state index contributed by atoms with van der Waals surface area (Å²) < 4.78 is 5.28. The van der Waals surface area contributed by atoms with Crippen molar-refractivity contribution >= 4 is 17.3 Å². The topological polar surface area (TPSA) is 53.9 Å². The van der Waals surface area contributed by atoms with Crippen LogP contribution in [0.15, 0.2) is 47.5 Å². The molecule has 0 saturated carbocycles. The van der Waals surface area contributed by atoms with Crippen molar-refractivity contribution in [2.45, 2.75) is 44.8 Å². The number of methoxy groups -OCH3 is 1. The van der Waals surface area contributed by atoms with Crippen molar-refractivity contribution in [3.63, 3.8) is 0 Å². The molecule has 26 heavy (non-hydrogen) atoms. The lowest BCUT2D eigenvalue weighted by Gasteiger charge is -2.38. The van der Waals surface area contributed by atoms with Crippen LogP contribution in [0.5, 0.6) is 11.5 Å². The van der Waals surface area contributed by atoms with Crippen molar-refractivity contribution in [3.8, 4) is 11.5 Å². The molecule has 0 fully saturated rings. The van der Waals surface area contributed by atoms with Gasteiger partial charge in [0.15, 0.2) is 11.5 Å². The number of ether oxygens (including phenoxy) is 1. The zero-order valence-corrected chi connectivity index (χ0v) is 16.2. The van der Waals surface area contributed by atoms with Gasteiger partial charge in [0.05, 0.1) is 7.11 Å². The molecule has 0 amide bonds. The Morgan fingerprint density at radius 3 is 2.65 bits per heavy atom. The average Bonchev–Trinajstić information content (AvgIpc) is 2.62. The third kappa shape index (κ3) is 3.87. The number of phenols is 1. The predicted octanol–water partition coefficient (Wildman–Crippen LogP) is 5.09. The Kier molecular flexibility index (Phi) is 5.54. The van der Waals surface area contributed by atoms with Crippen molar-refractivity contribution < 1.29 is 9.84 Å². The molecule has 4 nitrogen and oxygen atoms in total. The van der Waals surface area contributed by atoms with Gasteiger partial charge in [-0.15, -0.1) is 0 Å². The summed E-state index contributed by atoms with van der Waals surface area (Å²) >= 11 is 6.04. The number of nitrogens with one attached hydrogen (secondary N) is 1. The molecular formula is C21H25ClN2O2. The van der Waals surface area contributed by atoms with E-state index in [0.717, 1.165) is 29.7 Å². The molecule has 0 bridgehead atoms. The van der Waals surface area contributed by atoms with Gasteiger partial charge in [-0.05, 0) is 37.1 Å². The minimum atomic E-state index is -0.387. The normalized spacial score (nSPS) is 22.8. The van der Waals surface area contributed by atoms with E-state index in [4.69, 9.17) is 21.3 Å². The standard InChI is InChI=1S/C21H25ClN2O2/c1-4-12-21(2)23-17(14-8-10-15(22)11-9-14)13-18(24-21)16-6-5-7-19(26-3)20(16)25/h5-11,18,24-25H,4,12-13H2,1-3H3/t18-,21+/m0/s1. The first-order valence-electron chi connectivity index (χ1n) is 8.94. The van der Waals surface area contributed by atoms with E-state index in [9.17, 15) is 5.11 Å². The second kappa shape index (κ2) is 7.68. The molecule has 1 aliphatic rings. The second-order valence-electron chi connectivity index (χ2n) is 6.89. The summed E-state index contributed by atoms with van der Waals surface area (Å²) in [5.41, 5.74) is 2.52. The molecule has 2 aromatic carbocycles. The molecule has 0 radical (unpaired) electrons. The summed E-state index contributed by atoms with van der Waals surface area (Å²) in [7, 11) is 1.56. The largest absolute Gasteiger partial charge is 0.504 e. The Hall–Kier alpha value is -2.04. The number of halogens is 1. The molecule has 1 heterocycles. The quantitative estimate of drug-likeness (QED) is 0.768. The Labute approximate surface area is 159 Å². The lowest BCUT2D eigenvalue weighted by molar-refractivity contribution is 0.281. The number of hydrogen-bond donors (Lipinski definition) is 2. The van der Waals surface area contributed by atoms with E-state index in [0.29, 0.717) is 17.2 Å². The average molecular weight is 373 g/mol. The first-order chi connectivity index (χ1) is 12.5. The molecule has 0 spiro atoms. The maximum absolute atomic E-state index is 10.6. The van der Waals surface area contributed by atoms with Crippen LogP contribution in [0.25, 0.3) is 0 Å². The van der Waals surface area contributed by atoms with E-state index >= 15 is 0 Å². The van der Waals surface area contributed by atoms with Crippen molar-refractivity contribution in [1.82, 2.24) is 5.32 Å². The Bertz CT molecular complexity index is 804. The summed E-state index contributed by atoms with van der Waals surface area (Å²) in [6.45, 7) is 4.26. The number of aromatic hydroxyl groups is 1. The molecule has 3 rings (SSSR count). The number of aliphatic imine (C=N–C) groups is 1. The summed E-state index contributed by atoms with van der Waals surface area (Å²) in [6.07, 6.45) is 2.60. The molecule has 0 aromatic heterocycles. The lowest BCUT2D eigenvalue weighted by Crippen LogP contribution is -2.47. The van der Waals surface area contributed by atoms with Crippen LogP contribution < -0.4 is 10.1 Å². The van der Waals surface area contributed by atoms with Gasteiger partial charge >= 0.3 is 0 Å². The third-order valence-electron chi connectivity index (χ3n) is 4.80. The predicted molar refractivity (Wildman–Crippen MR) is 106 cm³/mol. The zero-order valence-electron chi connectivity index (χ0n) is 15.4. The molecule has 0 unspecified atom stereocenters. The van der Waals surface area contributed by atoms with Crippen molar-refractivity contribution in [2.75, 3.05) is 7.11 Å². The summed E-state index contributed by atoms with van der Waals surface area (Å²) in [5.74, 6) is 0.667. The highest BCUT2D eigenvalue weighted by atomic mass is 35.5. The van der Waals surface area contributed by atoms with E-state index in [1.807, 2.05) is 36.4 Å². The van der Waals surface area contributed by atoms with Gasteiger partial charge in [-0.2, -0.15) is 0 Å². The van der Waals surface area contributed by atoms with Gasteiger partial charge in [0.2, 0.25) is 0 Å². The highest BCUT2D eigenvalue weighted by molar-refractivity contribution is 6.30. The Balaban J connectivity index is 2.01. The smallest absolute Gasteiger partial charge is 0.162 e. The zero-order chi connectivity index (χ0) is 18.7. The Morgan fingerprint density at radius 2 is 2.00 bits per heavy atom. The van der Waals surface area contributed by atoms with Crippen molar-refractivity contribution in [3.05, 3.63) is 58.6 Å². The van der Waals surface area contributed by atoms with Gasteiger partial charge in [0.1, 0.15) is 5.66 Å². The maximum Gasteiger partial charge on any atom is 0.162 e. The van der Waals surface area contributed by atoms with Gasteiger partial charge in [0, 0.05) is 28.8 Å². The van der Waals surface area contributed by atoms with Gasteiger partial charge < -0.3 is 9.84 Å². The van der Waals surface area contributed by atoms with Gasteiger partial charge in [-0.25, -0.2) is 0 Å². The highest BCUT2D eigenvalue weighted by Gasteiger charge is 2.34. The molecule has 0 saturated heterocycles. The molecule has 0 aliphatic carbocycles. The van der Waals surface area contributed by atoms with Crippen LogP contribution in [0.4, 0.5) is 0 Å². The first-order valence-corrected chi connectivity index (χ1v) is 9.32. The molecule has 2 aromatic rings. The highest BCUT2D eigenvalue weighted by Crippen LogP contribution is 2.39. The Morgan fingerprint density at radius 1 is 1.27 bits per heavy atom. The van der Waals surface area contributed by atoms with Crippen molar-refractivity contribution in [2.24, 2.45) is 4.99 Å². The summed E-state index contributed by atoms with van der Waals surface area (Å²) in [6, 6.07) is 13.3. The monoisotopic (exact) mass is 372 g/mol. The fourth-order valence-corrected chi connectivity index (χ4v) is 3.73. The number of nitrogens with zero attached hydrogens (tertiary/aromatic N) is 1. The first kappa shape index (κ1) is 18.7.